The van der Waals surface area contributed by atoms with E-state index in [2.05, 4.69) is 0 Å². The van der Waals surface area contributed by atoms with Crippen molar-refractivity contribution in [1.29, 1.82) is 0 Å². The summed E-state index contributed by atoms with van der Waals surface area (Å²) in [6, 6.07) is 6.84. The third kappa shape index (κ3) is 5.17. The molecule has 0 unspecified atom stereocenters. The molecule has 0 saturated heterocycles. The van der Waals surface area contributed by atoms with Crippen LogP contribution in [0.2, 0.25) is 0 Å². The molecule has 0 aliphatic heterocycles. The van der Waals surface area contributed by atoms with E-state index in [-0.39, 0.29) is 18.1 Å². The largest absolute Gasteiger partial charge is 0.362 e. The lowest BCUT2D eigenvalue weighted by Gasteiger charge is -2.26. The van der Waals surface area contributed by atoms with Crippen LogP contribution in [0.25, 0.3) is 0 Å². The van der Waals surface area contributed by atoms with Gasteiger partial charge in [0.15, 0.2) is 0 Å². The number of carbonyl (C=O) groups is 1. The van der Waals surface area contributed by atoms with Crippen LogP contribution in [0, 0.1) is 0 Å². The second-order valence-electron chi connectivity index (χ2n) is 5.80. The first kappa shape index (κ1) is 19.9. The summed E-state index contributed by atoms with van der Waals surface area (Å²) in [6.07, 6.45) is -0.563. The van der Waals surface area contributed by atoms with Gasteiger partial charge in [-0.3, -0.25) is 9.36 Å². The molecule has 0 N–H and O–H groups in total. The molecule has 0 radical (unpaired) electrons. The Labute approximate surface area is 139 Å². The monoisotopic (exact) mass is 341 g/mol. The summed E-state index contributed by atoms with van der Waals surface area (Å²) in [5, 5.41) is 0.333. The average molecular weight is 341 g/mol. The van der Waals surface area contributed by atoms with Crippen molar-refractivity contribution < 1.29 is 18.4 Å². The van der Waals surface area contributed by atoms with Crippen LogP contribution in [-0.4, -0.2) is 36.1 Å². The van der Waals surface area contributed by atoms with Gasteiger partial charge >= 0.3 is 7.60 Å². The molecule has 6 heteroatoms. The minimum atomic E-state index is -3.58. The van der Waals surface area contributed by atoms with Gasteiger partial charge in [-0.05, 0) is 53.7 Å². The lowest BCUT2D eigenvalue weighted by molar-refractivity contribution is 0.0772. The van der Waals surface area contributed by atoms with Crippen molar-refractivity contribution >= 4 is 18.8 Å². The minimum Gasteiger partial charge on any atom is -0.339 e. The molecule has 0 aliphatic rings. The molecule has 0 atom stereocenters. The van der Waals surface area contributed by atoms with E-state index < -0.39 is 7.60 Å². The summed E-state index contributed by atoms with van der Waals surface area (Å²) >= 11 is 0. The highest BCUT2D eigenvalue weighted by molar-refractivity contribution is 7.62. The van der Waals surface area contributed by atoms with Crippen LogP contribution in [-0.2, 0) is 13.6 Å². The van der Waals surface area contributed by atoms with Gasteiger partial charge in [-0.25, -0.2) is 0 Å². The fourth-order valence-electron chi connectivity index (χ4n) is 2.27. The molecule has 1 aromatic carbocycles. The Morgan fingerprint density at radius 2 is 1.52 bits per heavy atom. The Bertz CT molecular complexity index is 553. The van der Waals surface area contributed by atoms with E-state index in [9.17, 15) is 9.36 Å². The number of rotatable bonds is 8. The molecule has 0 bridgehead atoms. The molecule has 130 valence electrons. The van der Waals surface area contributed by atoms with Crippen LogP contribution in [0.5, 0.6) is 0 Å². The summed E-state index contributed by atoms with van der Waals surface area (Å²) in [5.74, 6) is -0.162. The van der Waals surface area contributed by atoms with Gasteiger partial charge in [-0.2, -0.15) is 0 Å². The highest BCUT2D eigenvalue weighted by atomic mass is 31.2. The maximum atomic E-state index is 13.3. The predicted octanol–water partition coefficient (Wildman–Crippen LogP) is 3.84. The van der Waals surface area contributed by atoms with Crippen molar-refractivity contribution in [3.05, 3.63) is 29.8 Å². The van der Waals surface area contributed by atoms with Crippen LogP contribution in [0.1, 0.15) is 51.9 Å². The Kier molecular flexibility index (Phi) is 7.46. The molecule has 0 fully saturated rings. The normalized spacial score (nSPS) is 12.0. The number of carbonyl (C=O) groups excluding carboxylic acids is 1. The van der Waals surface area contributed by atoms with Gasteiger partial charge in [-0.1, -0.05) is 12.1 Å². The molecule has 1 aromatic rings. The van der Waals surface area contributed by atoms with Crippen molar-refractivity contribution in [2.75, 3.05) is 13.1 Å². The third-order valence-electron chi connectivity index (χ3n) is 3.18. The van der Waals surface area contributed by atoms with Gasteiger partial charge in [0, 0.05) is 13.1 Å². The van der Waals surface area contributed by atoms with Crippen LogP contribution in [0.15, 0.2) is 24.3 Å². The van der Waals surface area contributed by atoms with Gasteiger partial charge in [0.05, 0.1) is 23.1 Å². The zero-order valence-electron chi connectivity index (χ0n) is 14.9. The molecular weight excluding hydrogens is 313 g/mol. The van der Waals surface area contributed by atoms with Crippen LogP contribution < -0.4 is 5.30 Å². The van der Waals surface area contributed by atoms with E-state index in [0.29, 0.717) is 24.0 Å². The number of hydrogen-bond donors (Lipinski definition) is 0. The Balaban J connectivity index is 3.38. The second-order valence-corrected chi connectivity index (χ2v) is 7.70. The molecule has 23 heavy (non-hydrogen) atoms. The zero-order valence-corrected chi connectivity index (χ0v) is 15.8. The smallest absolute Gasteiger partial charge is 0.339 e. The summed E-state index contributed by atoms with van der Waals surface area (Å²) < 4.78 is 24.6. The maximum absolute atomic E-state index is 13.3. The lowest BCUT2D eigenvalue weighted by atomic mass is 10.2. The van der Waals surface area contributed by atoms with E-state index in [1.807, 2.05) is 13.8 Å². The van der Waals surface area contributed by atoms with Crippen molar-refractivity contribution in [3.8, 4) is 0 Å². The Hall–Kier alpha value is -1.16. The second kappa shape index (κ2) is 8.62. The van der Waals surface area contributed by atoms with Gasteiger partial charge < -0.3 is 13.9 Å². The van der Waals surface area contributed by atoms with E-state index in [0.717, 1.165) is 0 Å². The maximum Gasteiger partial charge on any atom is 0.362 e. The molecule has 1 rings (SSSR count). The standard InChI is InChI=1S/C17H28NO4P/c1-7-18(8-2)17(19)15-11-9-10-12-16(15)23(20,21-13(3)4)22-14(5)6/h9-14H,7-8H2,1-6H3. The van der Waals surface area contributed by atoms with E-state index in [1.165, 1.54) is 0 Å². The number of nitrogens with zero attached hydrogens (tertiary/aromatic N) is 1. The highest BCUT2D eigenvalue weighted by Gasteiger charge is 2.35. The third-order valence-corrected chi connectivity index (χ3v) is 5.56. The van der Waals surface area contributed by atoms with Crippen molar-refractivity contribution in [1.82, 2.24) is 4.90 Å². The van der Waals surface area contributed by atoms with Crippen LogP contribution in [0.4, 0.5) is 0 Å². The minimum absolute atomic E-state index is 0.162. The van der Waals surface area contributed by atoms with Gasteiger partial charge in [0.1, 0.15) is 0 Å². The fraction of sp³-hybridized carbons (Fsp3) is 0.588. The van der Waals surface area contributed by atoms with E-state index in [4.69, 9.17) is 9.05 Å². The van der Waals surface area contributed by atoms with Crippen LogP contribution >= 0.6 is 7.60 Å². The molecule has 0 saturated carbocycles. The molecule has 1 amide bonds. The van der Waals surface area contributed by atoms with Crippen molar-refractivity contribution in [2.24, 2.45) is 0 Å². The van der Waals surface area contributed by atoms with Crippen molar-refractivity contribution in [2.45, 2.75) is 53.8 Å². The molecular formula is C17H28NO4P. The molecule has 0 aliphatic carbocycles. The number of benzene rings is 1. The summed E-state index contributed by atoms with van der Waals surface area (Å²) in [4.78, 5) is 14.4. The van der Waals surface area contributed by atoms with Gasteiger partial charge in [0.25, 0.3) is 5.91 Å². The number of amides is 1. The summed E-state index contributed by atoms with van der Waals surface area (Å²) in [7, 11) is -3.58. The number of hydrogen-bond acceptors (Lipinski definition) is 4. The molecule has 5 nitrogen and oxygen atoms in total. The van der Waals surface area contributed by atoms with Crippen LogP contribution in [0.3, 0.4) is 0 Å². The quantitative estimate of drug-likeness (QED) is 0.674. The lowest BCUT2D eigenvalue weighted by Crippen LogP contribution is -2.34. The molecule has 0 aromatic heterocycles. The summed E-state index contributed by atoms with van der Waals surface area (Å²) in [5.41, 5.74) is 0.376. The van der Waals surface area contributed by atoms with E-state index in [1.54, 1.807) is 56.9 Å². The first-order chi connectivity index (χ1) is 10.7. The van der Waals surface area contributed by atoms with Crippen molar-refractivity contribution in [3.63, 3.8) is 0 Å². The van der Waals surface area contributed by atoms with Gasteiger partial charge in [-0.15, -0.1) is 0 Å². The highest BCUT2D eigenvalue weighted by Crippen LogP contribution is 2.50. The Morgan fingerprint density at radius 3 is 1.96 bits per heavy atom. The topological polar surface area (TPSA) is 55.8 Å². The SMILES string of the molecule is CCN(CC)C(=O)c1ccccc1P(=O)(OC(C)C)OC(C)C. The predicted molar refractivity (Wildman–Crippen MR) is 93.4 cm³/mol. The fourth-order valence-corrected chi connectivity index (χ4v) is 4.39. The average Bonchev–Trinajstić information content (AvgIpc) is 2.46. The van der Waals surface area contributed by atoms with Gasteiger partial charge in [0.2, 0.25) is 0 Å². The zero-order chi connectivity index (χ0) is 17.6. The molecule has 0 spiro atoms. The summed E-state index contributed by atoms with van der Waals surface area (Å²) in [6.45, 7) is 12.2. The van der Waals surface area contributed by atoms with E-state index >= 15 is 0 Å². The first-order valence-electron chi connectivity index (χ1n) is 8.10. The first-order valence-corrected chi connectivity index (χ1v) is 9.65. The molecule has 0 heterocycles. The Morgan fingerprint density at radius 1 is 1.04 bits per heavy atom.